The van der Waals surface area contributed by atoms with Gasteiger partial charge in [0.05, 0.1) is 41.7 Å². The number of fused-ring (bicyclic) bond motifs is 1. The normalized spacial score (nSPS) is 15.5. The molecular formula is C27H27IN2O5S. The van der Waals surface area contributed by atoms with Gasteiger partial charge in [0.2, 0.25) is 0 Å². The summed E-state index contributed by atoms with van der Waals surface area (Å²) in [5.41, 5.74) is 2.23. The maximum absolute atomic E-state index is 13.7. The van der Waals surface area contributed by atoms with Gasteiger partial charge in [0.15, 0.2) is 16.3 Å². The van der Waals surface area contributed by atoms with Crippen LogP contribution in [0.4, 0.5) is 0 Å². The summed E-state index contributed by atoms with van der Waals surface area (Å²) in [5, 5.41) is 0. The number of rotatable bonds is 7. The van der Waals surface area contributed by atoms with E-state index in [0.717, 1.165) is 9.13 Å². The first-order valence-corrected chi connectivity index (χ1v) is 13.4. The molecule has 2 heterocycles. The smallest absolute Gasteiger partial charge is 0.338 e. The largest absolute Gasteiger partial charge is 0.493 e. The molecule has 9 heteroatoms. The van der Waals surface area contributed by atoms with Crippen molar-refractivity contribution in [2.75, 3.05) is 13.7 Å². The van der Waals surface area contributed by atoms with E-state index in [1.54, 1.807) is 37.7 Å². The predicted octanol–water partition coefficient (Wildman–Crippen LogP) is 4.20. The van der Waals surface area contributed by atoms with Crippen molar-refractivity contribution < 1.29 is 19.0 Å². The summed E-state index contributed by atoms with van der Waals surface area (Å²) in [5.74, 6) is 0.595. The van der Waals surface area contributed by atoms with E-state index in [4.69, 9.17) is 14.2 Å². The number of carbonyl (C=O) groups is 1. The molecule has 0 saturated heterocycles. The van der Waals surface area contributed by atoms with E-state index < -0.39 is 12.0 Å². The van der Waals surface area contributed by atoms with Crippen molar-refractivity contribution >= 4 is 46.0 Å². The van der Waals surface area contributed by atoms with Crippen LogP contribution in [0.5, 0.6) is 11.5 Å². The maximum atomic E-state index is 13.7. The monoisotopic (exact) mass is 618 g/mol. The molecule has 0 spiro atoms. The van der Waals surface area contributed by atoms with Gasteiger partial charge in [-0.15, -0.1) is 0 Å². The average molecular weight is 618 g/mol. The highest BCUT2D eigenvalue weighted by Gasteiger charge is 2.34. The highest BCUT2D eigenvalue weighted by molar-refractivity contribution is 14.1. The Balaban J connectivity index is 1.95. The van der Waals surface area contributed by atoms with E-state index in [1.807, 2.05) is 50.3 Å². The van der Waals surface area contributed by atoms with Crippen molar-refractivity contribution in [1.82, 2.24) is 4.57 Å². The fourth-order valence-corrected chi connectivity index (χ4v) is 5.67. The van der Waals surface area contributed by atoms with E-state index in [0.29, 0.717) is 37.7 Å². The summed E-state index contributed by atoms with van der Waals surface area (Å²) in [6.07, 6.45) is 1.81. The summed E-state index contributed by atoms with van der Waals surface area (Å²) < 4.78 is 20.0. The zero-order valence-corrected chi connectivity index (χ0v) is 23.7. The summed E-state index contributed by atoms with van der Waals surface area (Å²) in [4.78, 5) is 32.0. The Morgan fingerprint density at radius 2 is 2.00 bits per heavy atom. The molecule has 36 heavy (non-hydrogen) atoms. The summed E-state index contributed by atoms with van der Waals surface area (Å²) in [6.45, 7) is 7.60. The van der Waals surface area contributed by atoms with E-state index in [1.165, 1.54) is 11.3 Å². The zero-order chi connectivity index (χ0) is 26.0. The Bertz CT molecular complexity index is 1520. The van der Waals surface area contributed by atoms with E-state index in [-0.39, 0.29) is 18.3 Å². The lowest BCUT2D eigenvalue weighted by Crippen LogP contribution is -2.40. The molecule has 7 nitrogen and oxygen atoms in total. The Morgan fingerprint density at radius 3 is 2.67 bits per heavy atom. The number of hydrogen-bond donors (Lipinski definition) is 0. The van der Waals surface area contributed by atoms with Gasteiger partial charge in [-0.3, -0.25) is 9.36 Å². The van der Waals surface area contributed by atoms with Crippen LogP contribution in [0, 0.1) is 3.57 Å². The molecule has 0 N–H and O–H groups in total. The van der Waals surface area contributed by atoms with Gasteiger partial charge in [-0.1, -0.05) is 29.5 Å². The molecule has 0 radical (unpaired) electrons. The van der Waals surface area contributed by atoms with Gasteiger partial charge in [0.1, 0.15) is 0 Å². The SMILES string of the molecule is CCOC(=O)C1=C(C)N=c2s/c(=C\c3cccc(I)c3)c(=O)n2[C@H]1c1ccc(OC(C)C)c(OC)c1. The Kier molecular flexibility index (Phi) is 7.99. The molecule has 0 unspecified atom stereocenters. The van der Waals surface area contributed by atoms with Crippen molar-refractivity contribution in [2.24, 2.45) is 4.99 Å². The second-order valence-corrected chi connectivity index (χ2v) is 10.7. The van der Waals surface area contributed by atoms with Crippen LogP contribution in [0.2, 0.25) is 0 Å². The molecule has 1 aromatic heterocycles. The fraction of sp³-hybridized carbons (Fsp3) is 0.296. The lowest BCUT2D eigenvalue weighted by atomic mass is 9.95. The van der Waals surface area contributed by atoms with Crippen molar-refractivity contribution in [1.29, 1.82) is 0 Å². The number of nitrogens with zero attached hydrogens (tertiary/aromatic N) is 2. The van der Waals surface area contributed by atoms with Gasteiger partial charge in [-0.05, 0) is 91.8 Å². The highest BCUT2D eigenvalue weighted by Crippen LogP contribution is 2.36. The van der Waals surface area contributed by atoms with Crippen molar-refractivity contribution in [3.63, 3.8) is 0 Å². The second kappa shape index (κ2) is 11.0. The lowest BCUT2D eigenvalue weighted by molar-refractivity contribution is -0.139. The third-order valence-corrected chi connectivity index (χ3v) is 7.18. The number of thiazole rings is 1. The number of esters is 1. The minimum Gasteiger partial charge on any atom is -0.493 e. The third kappa shape index (κ3) is 5.27. The van der Waals surface area contributed by atoms with Crippen LogP contribution in [0.1, 0.15) is 44.9 Å². The van der Waals surface area contributed by atoms with E-state index >= 15 is 0 Å². The van der Waals surface area contributed by atoms with Gasteiger partial charge in [0, 0.05) is 3.57 Å². The molecule has 0 saturated carbocycles. The molecule has 2 aromatic carbocycles. The minimum atomic E-state index is -0.722. The molecule has 4 rings (SSSR count). The molecular weight excluding hydrogens is 591 g/mol. The van der Waals surface area contributed by atoms with E-state index in [9.17, 15) is 9.59 Å². The number of aromatic nitrogens is 1. The fourth-order valence-electron chi connectivity index (χ4n) is 4.06. The predicted molar refractivity (Wildman–Crippen MR) is 148 cm³/mol. The van der Waals surface area contributed by atoms with Crippen LogP contribution < -0.4 is 24.4 Å². The third-order valence-electron chi connectivity index (χ3n) is 5.53. The summed E-state index contributed by atoms with van der Waals surface area (Å²) in [7, 11) is 1.56. The van der Waals surface area contributed by atoms with Crippen LogP contribution in [-0.2, 0) is 9.53 Å². The molecule has 0 bridgehead atoms. The number of hydrogen-bond acceptors (Lipinski definition) is 7. The van der Waals surface area contributed by atoms with Crippen LogP contribution in [0.15, 0.2) is 63.5 Å². The molecule has 0 aliphatic carbocycles. The first-order chi connectivity index (χ1) is 17.2. The number of ether oxygens (including phenoxy) is 3. The highest BCUT2D eigenvalue weighted by atomic mass is 127. The molecule has 1 atom stereocenters. The van der Waals surface area contributed by atoms with Crippen LogP contribution in [-0.4, -0.2) is 30.4 Å². The molecule has 0 amide bonds. The van der Waals surface area contributed by atoms with Gasteiger partial charge < -0.3 is 14.2 Å². The quantitative estimate of drug-likeness (QED) is 0.293. The number of carbonyl (C=O) groups excluding carboxylic acids is 1. The summed E-state index contributed by atoms with van der Waals surface area (Å²) >= 11 is 3.54. The molecule has 3 aromatic rings. The van der Waals surface area contributed by atoms with Crippen LogP contribution >= 0.6 is 33.9 Å². The number of halogens is 1. The van der Waals surface area contributed by atoms with Crippen LogP contribution in [0.3, 0.4) is 0 Å². The van der Waals surface area contributed by atoms with Gasteiger partial charge in [-0.25, -0.2) is 9.79 Å². The van der Waals surface area contributed by atoms with Gasteiger partial charge in [0.25, 0.3) is 5.56 Å². The Morgan fingerprint density at radius 1 is 1.22 bits per heavy atom. The first-order valence-electron chi connectivity index (χ1n) is 11.5. The molecule has 1 aliphatic rings. The Hall–Kier alpha value is -2.92. The first kappa shape index (κ1) is 26.2. The number of benzene rings is 2. The summed E-state index contributed by atoms with van der Waals surface area (Å²) in [6, 6.07) is 12.6. The van der Waals surface area contributed by atoms with Crippen LogP contribution in [0.25, 0.3) is 6.08 Å². The van der Waals surface area contributed by atoms with E-state index in [2.05, 4.69) is 27.6 Å². The number of allylic oxidation sites excluding steroid dienone is 1. The standard InChI is InChI=1S/C27H27IN2O5S/c1-6-34-26(32)23-16(4)29-27-30(25(31)22(36-27)13-17-8-7-9-19(28)12-17)24(23)18-10-11-20(35-15(2)3)21(14-18)33-5/h7-15,24H,6H2,1-5H3/b22-13-/t24-/m0/s1. The topological polar surface area (TPSA) is 79.1 Å². The number of methoxy groups -OCH3 is 1. The minimum absolute atomic E-state index is 0.0410. The van der Waals surface area contributed by atoms with Crippen molar-refractivity contribution in [3.8, 4) is 11.5 Å². The van der Waals surface area contributed by atoms with Crippen molar-refractivity contribution in [2.45, 2.75) is 39.8 Å². The second-order valence-electron chi connectivity index (χ2n) is 8.43. The van der Waals surface area contributed by atoms with Gasteiger partial charge >= 0.3 is 5.97 Å². The molecule has 0 fully saturated rings. The Labute approximate surface area is 226 Å². The lowest BCUT2D eigenvalue weighted by Gasteiger charge is -2.25. The van der Waals surface area contributed by atoms with Gasteiger partial charge in [-0.2, -0.15) is 0 Å². The van der Waals surface area contributed by atoms with Crippen molar-refractivity contribution in [3.05, 3.63) is 88.1 Å². The average Bonchev–Trinajstić information content (AvgIpc) is 3.12. The zero-order valence-electron chi connectivity index (χ0n) is 20.7. The molecule has 188 valence electrons. The molecule has 1 aliphatic heterocycles. The maximum Gasteiger partial charge on any atom is 0.338 e.